The maximum Gasteiger partial charge on any atom is 0.410 e. The molecule has 2 unspecified atom stereocenters. The van der Waals surface area contributed by atoms with Crippen LogP contribution >= 0.6 is 11.6 Å². The van der Waals surface area contributed by atoms with Crippen LogP contribution in [0.2, 0.25) is 5.02 Å². The van der Waals surface area contributed by atoms with Gasteiger partial charge in [-0.05, 0) is 59.2 Å². The first-order valence-corrected chi connectivity index (χ1v) is 15.5. The van der Waals surface area contributed by atoms with Crippen LogP contribution in [-0.2, 0) is 11.2 Å². The highest BCUT2D eigenvalue weighted by Crippen LogP contribution is 2.53. The molecule has 0 spiro atoms. The third kappa shape index (κ3) is 7.32. The standard InChI is InChI=1S/C35H41ClF2N2O7/c1-8-9-10-11-19(2)35(26-16-34(7,44)18-40(26)32(43)47-33(4,5)6)15-22-25(46-35)14-23(37)29(36)27(22)28-21(31(39)42)12-13-24(30(28)38)45-17-20(3)41/h8-14,20,26,41,44H,2,15-18H2,1,3-7H3,(H2,39,42)/b9-8-,11-10-/t20-,26?,34?,35-/m0/s1. The van der Waals surface area contributed by atoms with E-state index >= 15 is 8.78 Å². The van der Waals surface area contributed by atoms with Crippen molar-refractivity contribution in [1.82, 2.24) is 4.90 Å². The number of halogens is 3. The normalized spacial score (nSPS) is 23.2. The Kier molecular flexibility index (Phi) is 10.2. The Labute approximate surface area is 278 Å². The van der Waals surface area contributed by atoms with E-state index in [1.807, 2.05) is 6.92 Å². The van der Waals surface area contributed by atoms with Crippen molar-refractivity contribution in [1.29, 1.82) is 0 Å². The van der Waals surface area contributed by atoms with E-state index in [1.54, 1.807) is 52.0 Å². The molecular weight excluding hydrogens is 634 g/mol. The van der Waals surface area contributed by atoms with Gasteiger partial charge in [0, 0.05) is 35.6 Å². The van der Waals surface area contributed by atoms with Gasteiger partial charge in [-0.25, -0.2) is 13.6 Å². The molecule has 2 aromatic carbocycles. The highest BCUT2D eigenvalue weighted by atomic mass is 35.5. The number of hydrogen-bond donors (Lipinski definition) is 3. The second-order valence-corrected chi connectivity index (χ2v) is 13.6. The van der Waals surface area contributed by atoms with Crippen LogP contribution in [0.5, 0.6) is 11.5 Å². The van der Waals surface area contributed by atoms with Crippen LogP contribution in [0.4, 0.5) is 13.6 Å². The number of ether oxygens (including phenoxy) is 3. The predicted octanol–water partition coefficient (Wildman–Crippen LogP) is 6.27. The van der Waals surface area contributed by atoms with Crippen molar-refractivity contribution >= 4 is 23.6 Å². The van der Waals surface area contributed by atoms with Gasteiger partial charge in [0.25, 0.3) is 0 Å². The minimum atomic E-state index is -1.53. The highest BCUT2D eigenvalue weighted by molar-refractivity contribution is 6.34. The Balaban J connectivity index is 1.98. The zero-order chi connectivity index (χ0) is 35.1. The number of nitrogens with two attached hydrogens (primary N) is 1. The molecule has 2 heterocycles. The van der Waals surface area contributed by atoms with Crippen LogP contribution in [0.3, 0.4) is 0 Å². The van der Waals surface area contributed by atoms with Crippen LogP contribution in [0.15, 0.2) is 54.7 Å². The van der Waals surface area contributed by atoms with E-state index in [9.17, 15) is 19.8 Å². The average Bonchev–Trinajstić information content (AvgIpc) is 3.50. The van der Waals surface area contributed by atoms with Crippen molar-refractivity contribution in [2.75, 3.05) is 13.2 Å². The number of fused-ring (bicyclic) bond motifs is 1. The van der Waals surface area contributed by atoms with E-state index in [1.165, 1.54) is 24.0 Å². The van der Waals surface area contributed by atoms with Gasteiger partial charge in [0.05, 0.1) is 34.9 Å². The van der Waals surface area contributed by atoms with E-state index < -0.39 is 63.2 Å². The fraction of sp³-hybridized carbons (Fsp3) is 0.429. The summed E-state index contributed by atoms with van der Waals surface area (Å²) in [6.07, 6.45) is 5.17. The monoisotopic (exact) mass is 674 g/mol. The van der Waals surface area contributed by atoms with Gasteiger partial charge in [0.1, 0.15) is 23.8 Å². The Morgan fingerprint density at radius 1 is 1.28 bits per heavy atom. The van der Waals surface area contributed by atoms with E-state index in [4.69, 9.17) is 31.5 Å². The van der Waals surface area contributed by atoms with Gasteiger partial charge in [-0.2, -0.15) is 0 Å². The summed E-state index contributed by atoms with van der Waals surface area (Å²) in [7, 11) is 0. The molecule has 2 aliphatic heterocycles. The molecule has 1 saturated heterocycles. The summed E-state index contributed by atoms with van der Waals surface area (Å²) in [4.78, 5) is 27.6. The van der Waals surface area contributed by atoms with Gasteiger partial charge < -0.3 is 30.2 Å². The van der Waals surface area contributed by atoms with E-state index in [-0.39, 0.29) is 54.2 Å². The number of allylic oxidation sites excluding steroid dienone is 3. The van der Waals surface area contributed by atoms with Crippen LogP contribution < -0.4 is 15.2 Å². The summed E-state index contributed by atoms with van der Waals surface area (Å²) in [5.41, 5.74) is 1.54. The van der Waals surface area contributed by atoms with Crippen molar-refractivity contribution < 1.29 is 42.8 Å². The summed E-state index contributed by atoms with van der Waals surface area (Å²) < 4.78 is 49.7. The number of aliphatic hydroxyl groups excluding tert-OH is 1. The first-order chi connectivity index (χ1) is 21.8. The number of primary amides is 1. The van der Waals surface area contributed by atoms with Gasteiger partial charge >= 0.3 is 6.09 Å². The van der Waals surface area contributed by atoms with Gasteiger partial charge in [-0.3, -0.25) is 9.69 Å². The number of benzene rings is 2. The van der Waals surface area contributed by atoms with Gasteiger partial charge in [0.15, 0.2) is 17.2 Å². The minimum absolute atomic E-state index is 0.0197. The quantitative estimate of drug-likeness (QED) is 0.267. The molecule has 254 valence electrons. The number of hydrogen-bond acceptors (Lipinski definition) is 7. The number of nitrogens with zero attached hydrogens (tertiary/aromatic N) is 1. The topological polar surface area (TPSA) is 132 Å². The number of carbonyl (C=O) groups is 2. The first kappa shape index (κ1) is 35.9. The third-order valence-corrected chi connectivity index (χ3v) is 8.32. The highest BCUT2D eigenvalue weighted by Gasteiger charge is 2.58. The Morgan fingerprint density at radius 3 is 2.55 bits per heavy atom. The smallest absolute Gasteiger partial charge is 0.410 e. The Morgan fingerprint density at radius 2 is 1.96 bits per heavy atom. The molecule has 4 rings (SSSR count). The number of β-amino-alcohol motifs (C(OH)–C–C–N with tert-alkyl or cyclic N) is 1. The number of rotatable bonds is 9. The Bertz CT molecular complexity index is 1650. The summed E-state index contributed by atoms with van der Waals surface area (Å²) in [5, 5.41) is 20.5. The first-order valence-electron chi connectivity index (χ1n) is 15.2. The van der Waals surface area contributed by atoms with Gasteiger partial charge in [-0.15, -0.1) is 0 Å². The molecular formula is C35H41ClF2N2O7. The van der Waals surface area contributed by atoms with Crippen molar-refractivity contribution in [3.05, 3.63) is 82.4 Å². The zero-order valence-corrected chi connectivity index (χ0v) is 28.1. The molecule has 47 heavy (non-hydrogen) atoms. The number of likely N-dealkylation sites (tertiary alicyclic amines) is 1. The second kappa shape index (κ2) is 13.3. The lowest BCUT2D eigenvalue weighted by Gasteiger charge is -2.40. The van der Waals surface area contributed by atoms with Crippen LogP contribution in [0.25, 0.3) is 11.1 Å². The summed E-state index contributed by atoms with van der Waals surface area (Å²) in [5.74, 6) is -3.41. The maximum atomic E-state index is 16.3. The molecule has 4 N–H and O–H groups in total. The molecule has 0 aliphatic carbocycles. The fourth-order valence-electron chi connectivity index (χ4n) is 5.99. The fourth-order valence-corrected chi connectivity index (χ4v) is 6.25. The summed E-state index contributed by atoms with van der Waals surface area (Å²) in [6, 6.07) is 2.56. The molecule has 2 amide bonds. The third-order valence-electron chi connectivity index (χ3n) is 7.95. The molecule has 0 radical (unpaired) electrons. The molecule has 1 fully saturated rings. The van der Waals surface area contributed by atoms with E-state index in [0.29, 0.717) is 5.57 Å². The number of amides is 2. The van der Waals surface area contributed by atoms with Crippen LogP contribution in [0.1, 0.15) is 63.9 Å². The number of carbonyl (C=O) groups excluding carboxylic acids is 2. The SMILES string of the molecule is C=C(/C=C\C=C/C)[C@]1(C2CC(C)(O)CN2C(=O)OC(C)(C)C)Cc2c(cc(F)c(Cl)c2-c2c(C(N)=O)ccc(OC[C@H](C)O)c2F)O1. The van der Waals surface area contributed by atoms with Crippen molar-refractivity contribution in [2.45, 2.75) is 83.3 Å². The van der Waals surface area contributed by atoms with Crippen LogP contribution in [-0.4, -0.2) is 69.2 Å². The number of aliphatic hydroxyl groups is 2. The van der Waals surface area contributed by atoms with E-state index in [2.05, 4.69) is 6.58 Å². The molecule has 4 atom stereocenters. The van der Waals surface area contributed by atoms with Crippen molar-refractivity contribution in [2.24, 2.45) is 5.73 Å². The predicted molar refractivity (Wildman–Crippen MR) is 175 cm³/mol. The lowest BCUT2D eigenvalue weighted by atomic mass is 9.78. The summed E-state index contributed by atoms with van der Waals surface area (Å²) >= 11 is 6.57. The van der Waals surface area contributed by atoms with Gasteiger partial charge in [-0.1, -0.05) is 42.5 Å². The zero-order valence-electron chi connectivity index (χ0n) is 27.3. The molecule has 0 saturated carbocycles. The lowest BCUT2D eigenvalue weighted by molar-refractivity contribution is -0.00539. The minimum Gasteiger partial charge on any atom is -0.488 e. The van der Waals surface area contributed by atoms with E-state index in [0.717, 1.165) is 6.07 Å². The molecule has 2 aromatic rings. The van der Waals surface area contributed by atoms with Crippen molar-refractivity contribution in [3.63, 3.8) is 0 Å². The molecule has 12 heteroatoms. The molecule has 0 bridgehead atoms. The molecule has 2 aliphatic rings. The molecule has 0 aromatic heterocycles. The van der Waals surface area contributed by atoms with Gasteiger partial charge in [0.2, 0.25) is 5.91 Å². The second-order valence-electron chi connectivity index (χ2n) is 13.3. The lowest BCUT2D eigenvalue weighted by Crippen LogP contribution is -2.56. The average molecular weight is 675 g/mol. The molecule has 9 nitrogen and oxygen atoms in total. The maximum absolute atomic E-state index is 16.3. The van der Waals surface area contributed by atoms with Crippen LogP contribution in [0, 0.1) is 11.6 Å². The summed E-state index contributed by atoms with van der Waals surface area (Å²) in [6.45, 7) is 13.9. The largest absolute Gasteiger partial charge is 0.488 e. The van der Waals surface area contributed by atoms with Crippen molar-refractivity contribution in [3.8, 4) is 22.6 Å². The Hall–Kier alpha value is -3.93.